The van der Waals surface area contributed by atoms with E-state index in [0.29, 0.717) is 18.3 Å². The number of rotatable bonds is 8. The molecule has 3 fully saturated rings. The molecule has 1 N–H and O–H groups in total. The number of amides is 2. The highest BCUT2D eigenvalue weighted by molar-refractivity contribution is 5.82. The van der Waals surface area contributed by atoms with Gasteiger partial charge in [0.1, 0.15) is 0 Å². The third-order valence-corrected chi connectivity index (χ3v) is 6.91. The Morgan fingerprint density at radius 2 is 1.66 bits per heavy atom. The van der Waals surface area contributed by atoms with Gasteiger partial charge in [0.25, 0.3) is 0 Å². The maximum Gasteiger partial charge on any atom is 0.237 e. The average Bonchev–Trinajstić information content (AvgIpc) is 3.45. The van der Waals surface area contributed by atoms with Crippen molar-refractivity contribution in [2.75, 3.05) is 32.7 Å². The monoisotopic (exact) mass is 397 g/mol. The second kappa shape index (κ2) is 9.75. The largest absolute Gasteiger partial charge is 0.354 e. The predicted molar refractivity (Wildman–Crippen MR) is 114 cm³/mol. The standard InChI is InChI=1S/C24H35N3O2/c28-22(13-12-19-6-2-1-3-7-19)26-14-16-27(17-15-26)23(21-8-4-5-9-21)24(29)25-18-20-10-11-20/h1-3,6-7,20-21,23H,4-5,8-18H2,(H,25,29)/t23-/m0/s1. The summed E-state index contributed by atoms with van der Waals surface area (Å²) in [4.78, 5) is 30.0. The molecule has 0 radical (unpaired) electrons. The molecule has 2 aliphatic carbocycles. The molecule has 2 saturated carbocycles. The van der Waals surface area contributed by atoms with Crippen LogP contribution in [0.4, 0.5) is 0 Å². The number of piperazine rings is 1. The normalized spacial score (nSPS) is 21.9. The summed E-state index contributed by atoms with van der Waals surface area (Å²) in [6.45, 7) is 3.96. The summed E-state index contributed by atoms with van der Waals surface area (Å²) >= 11 is 0. The molecule has 4 rings (SSSR count). The number of nitrogens with one attached hydrogen (secondary N) is 1. The van der Waals surface area contributed by atoms with Crippen molar-refractivity contribution in [2.24, 2.45) is 11.8 Å². The molecular formula is C24H35N3O2. The van der Waals surface area contributed by atoms with Crippen LogP contribution in [-0.4, -0.2) is 60.4 Å². The fourth-order valence-electron chi connectivity index (χ4n) is 4.93. The van der Waals surface area contributed by atoms with Crippen LogP contribution in [0.1, 0.15) is 50.5 Å². The van der Waals surface area contributed by atoms with Gasteiger partial charge in [-0.3, -0.25) is 14.5 Å². The van der Waals surface area contributed by atoms with Crippen molar-refractivity contribution in [1.82, 2.24) is 15.1 Å². The van der Waals surface area contributed by atoms with Crippen LogP contribution in [0.15, 0.2) is 30.3 Å². The van der Waals surface area contributed by atoms with Gasteiger partial charge in [-0.05, 0) is 49.5 Å². The quantitative estimate of drug-likeness (QED) is 0.734. The second-order valence-corrected chi connectivity index (χ2v) is 9.08. The molecule has 0 aromatic heterocycles. The summed E-state index contributed by atoms with van der Waals surface area (Å²) in [5.41, 5.74) is 1.22. The van der Waals surface area contributed by atoms with E-state index in [1.54, 1.807) is 0 Å². The van der Waals surface area contributed by atoms with E-state index in [1.165, 1.54) is 31.2 Å². The van der Waals surface area contributed by atoms with Crippen molar-refractivity contribution in [2.45, 2.75) is 57.4 Å². The highest BCUT2D eigenvalue weighted by Gasteiger charge is 2.37. The molecule has 3 aliphatic rings. The molecule has 29 heavy (non-hydrogen) atoms. The minimum absolute atomic E-state index is 0.00202. The van der Waals surface area contributed by atoms with E-state index in [2.05, 4.69) is 22.3 Å². The van der Waals surface area contributed by atoms with E-state index >= 15 is 0 Å². The van der Waals surface area contributed by atoms with Crippen LogP contribution in [-0.2, 0) is 16.0 Å². The zero-order chi connectivity index (χ0) is 20.1. The van der Waals surface area contributed by atoms with Gasteiger partial charge < -0.3 is 10.2 Å². The van der Waals surface area contributed by atoms with Gasteiger partial charge in [0.05, 0.1) is 6.04 Å². The van der Waals surface area contributed by atoms with Crippen LogP contribution in [0.5, 0.6) is 0 Å². The number of carbonyl (C=O) groups excluding carboxylic acids is 2. The van der Waals surface area contributed by atoms with Gasteiger partial charge in [-0.1, -0.05) is 43.2 Å². The first-order valence-corrected chi connectivity index (χ1v) is 11.5. The molecule has 0 spiro atoms. The molecule has 1 atom stereocenters. The van der Waals surface area contributed by atoms with Crippen LogP contribution in [0.2, 0.25) is 0 Å². The lowest BCUT2D eigenvalue weighted by Crippen LogP contribution is -2.58. The number of aryl methyl sites for hydroxylation is 1. The molecule has 1 aromatic carbocycles. The van der Waals surface area contributed by atoms with Crippen molar-refractivity contribution in [3.63, 3.8) is 0 Å². The maximum absolute atomic E-state index is 13.0. The Morgan fingerprint density at radius 3 is 2.31 bits per heavy atom. The molecule has 1 saturated heterocycles. The molecular weight excluding hydrogens is 362 g/mol. The van der Waals surface area contributed by atoms with Crippen molar-refractivity contribution in [3.8, 4) is 0 Å². The van der Waals surface area contributed by atoms with E-state index in [-0.39, 0.29) is 17.9 Å². The molecule has 5 nitrogen and oxygen atoms in total. The fraction of sp³-hybridized carbons (Fsp3) is 0.667. The Bertz CT molecular complexity index is 675. The summed E-state index contributed by atoms with van der Waals surface area (Å²) in [7, 11) is 0. The van der Waals surface area contributed by atoms with E-state index in [9.17, 15) is 9.59 Å². The number of hydrogen-bond donors (Lipinski definition) is 1. The molecule has 1 aliphatic heterocycles. The molecule has 1 aromatic rings. The molecule has 0 unspecified atom stereocenters. The van der Waals surface area contributed by atoms with Crippen LogP contribution in [0, 0.1) is 11.8 Å². The Hall–Kier alpha value is -1.88. The third kappa shape index (κ3) is 5.59. The highest BCUT2D eigenvalue weighted by atomic mass is 16.2. The van der Waals surface area contributed by atoms with Crippen LogP contribution < -0.4 is 5.32 Å². The van der Waals surface area contributed by atoms with Gasteiger partial charge in [0.2, 0.25) is 11.8 Å². The van der Waals surface area contributed by atoms with Crippen LogP contribution in [0.3, 0.4) is 0 Å². The van der Waals surface area contributed by atoms with Crippen molar-refractivity contribution in [1.29, 1.82) is 0 Å². The third-order valence-electron chi connectivity index (χ3n) is 6.91. The summed E-state index contributed by atoms with van der Waals surface area (Å²) < 4.78 is 0. The van der Waals surface area contributed by atoms with Gasteiger partial charge in [0.15, 0.2) is 0 Å². The van der Waals surface area contributed by atoms with Crippen molar-refractivity contribution < 1.29 is 9.59 Å². The SMILES string of the molecule is O=C(NCC1CC1)[C@H](C1CCCC1)N1CCN(C(=O)CCc2ccccc2)CC1. The summed E-state index contributed by atoms with van der Waals surface area (Å²) in [6, 6.07) is 10.2. The van der Waals surface area contributed by atoms with E-state index in [4.69, 9.17) is 0 Å². The van der Waals surface area contributed by atoms with E-state index in [0.717, 1.165) is 52.0 Å². The Morgan fingerprint density at radius 1 is 0.966 bits per heavy atom. The smallest absolute Gasteiger partial charge is 0.237 e. The number of benzene rings is 1. The first-order valence-electron chi connectivity index (χ1n) is 11.5. The minimum Gasteiger partial charge on any atom is -0.354 e. The summed E-state index contributed by atoms with van der Waals surface area (Å²) in [5, 5.41) is 3.23. The maximum atomic E-state index is 13.0. The number of nitrogens with zero attached hydrogens (tertiary/aromatic N) is 2. The predicted octanol–water partition coefficient (Wildman–Crippen LogP) is 2.85. The second-order valence-electron chi connectivity index (χ2n) is 9.08. The topological polar surface area (TPSA) is 52.7 Å². The molecule has 5 heteroatoms. The van der Waals surface area contributed by atoms with Gasteiger partial charge >= 0.3 is 0 Å². The van der Waals surface area contributed by atoms with Crippen molar-refractivity contribution >= 4 is 11.8 Å². The van der Waals surface area contributed by atoms with Gasteiger partial charge in [-0.2, -0.15) is 0 Å². The van der Waals surface area contributed by atoms with Crippen LogP contribution in [0.25, 0.3) is 0 Å². The molecule has 2 amide bonds. The Balaban J connectivity index is 1.28. The van der Waals surface area contributed by atoms with Gasteiger partial charge in [-0.25, -0.2) is 0 Å². The lowest BCUT2D eigenvalue weighted by atomic mass is 9.95. The highest BCUT2D eigenvalue weighted by Crippen LogP contribution is 2.32. The zero-order valence-corrected chi connectivity index (χ0v) is 17.5. The molecule has 158 valence electrons. The van der Waals surface area contributed by atoms with Crippen LogP contribution >= 0.6 is 0 Å². The number of carbonyl (C=O) groups is 2. The fourth-order valence-corrected chi connectivity index (χ4v) is 4.93. The van der Waals surface area contributed by atoms with E-state index < -0.39 is 0 Å². The summed E-state index contributed by atoms with van der Waals surface area (Å²) in [6.07, 6.45) is 8.71. The van der Waals surface area contributed by atoms with E-state index in [1.807, 2.05) is 23.1 Å². The van der Waals surface area contributed by atoms with Gasteiger partial charge in [-0.15, -0.1) is 0 Å². The summed E-state index contributed by atoms with van der Waals surface area (Å²) in [5.74, 6) is 1.66. The lowest BCUT2D eigenvalue weighted by Gasteiger charge is -2.40. The Kier molecular flexibility index (Phi) is 6.86. The molecule has 0 bridgehead atoms. The minimum atomic E-state index is -0.00202. The molecule has 1 heterocycles. The van der Waals surface area contributed by atoms with Crippen molar-refractivity contribution in [3.05, 3.63) is 35.9 Å². The van der Waals surface area contributed by atoms with Gasteiger partial charge in [0, 0.05) is 39.1 Å². The lowest BCUT2D eigenvalue weighted by molar-refractivity contribution is -0.135. The number of hydrogen-bond acceptors (Lipinski definition) is 3. The Labute approximate surface area is 174 Å². The zero-order valence-electron chi connectivity index (χ0n) is 17.5. The first kappa shape index (κ1) is 20.4. The first-order chi connectivity index (χ1) is 14.2. The average molecular weight is 398 g/mol.